The number of hydrogen-bond acceptors (Lipinski definition) is 3. The van der Waals surface area contributed by atoms with Crippen molar-refractivity contribution in [2.24, 2.45) is 11.7 Å². The molecule has 0 radical (unpaired) electrons. The Morgan fingerprint density at radius 2 is 2.29 bits per heavy atom. The SMILES string of the molecule is Cc1csc(CC2CCCCC2N)n1. The molecule has 3 heteroatoms. The third-order valence-electron chi connectivity index (χ3n) is 3.07. The van der Waals surface area contributed by atoms with E-state index in [0.717, 1.165) is 12.1 Å². The summed E-state index contributed by atoms with van der Waals surface area (Å²) in [6, 6.07) is 0.410. The maximum atomic E-state index is 6.11. The molecule has 2 rings (SSSR count). The molecule has 1 saturated carbocycles. The number of hydrogen-bond donors (Lipinski definition) is 1. The quantitative estimate of drug-likeness (QED) is 0.814. The summed E-state index contributed by atoms with van der Waals surface area (Å²) in [4.78, 5) is 4.50. The van der Waals surface area contributed by atoms with E-state index in [0.29, 0.717) is 12.0 Å². The minimum atomic E-state index is 0.410. The van der Waals surface area contributed by atoms with Crippen LogP contribution in [0.1, 0.15) is 36.4 Å². The summed E-state index contributed by atoms with van der Waals surface area (Å²) in [5.74, 6) is 0.675. The average Bonchev–Trinajstić information content (AvgIpc) is 2.56. The number of nitrogens with two attached hydrogens (primary N) is 1. The Morgan fingerprint density at radius 1 is 1.50 bits per heavy atom. The van der Waals surface area contributed by atoms with Crippen LogP contribution in [-0.2, 0) is 6.42 Å². The Hall–Kier alpha value is -0.410. The maximum absolute atomic E-state index is 6.11. The van der Waals surface area contributed by atoms with E-state index in [1.165, 1.54) is 30.7 Å². The molecule has 0 saturated heterocycles. The van der Waals surface area contributed by atoms with Gasteiger partial charge in [0.2, 0.25) is 0 Å². The molecule has 0 spiro atoms. The van der Waals surface area contributed by atoms with Crippen molar-refractivity contribution < 1.29 is 0 Å². The molecule has 0 aromatic carbocycles. The Morgan fingerprint density at radius 3 is 2.93 bits per heavy atom. The monoisotopic (exact) mass is 210 g/mol. The molecule has 14 heavy (non-hydrogen) atoms. The lowest BCUT2D eigenvalue weighted by molar-refractivity contribution is 0.306. The van der Waals surface area contributed by atoms with Crippen LogP contribution in [0.5, 0.6) is 0 Å². The highest BCUT2D eigenvalue weighted by atomic mass is 32.1. The zero-order valence-electron chi connectivity index (χ0n) is 8.70. The summed E-state index contributed by atoms with van der Waals surface area (Å²) in [7, 11) is 0. The molecule has 2 nitrogen and oxygen atoms in total. The van der Waals surface area contributed by atoms with Gasteiger partial charge in [-0.2, -0.15) is 0 Å². The Kier molecular flexibility index (Phi) is 3.19. The molecule has 2 atom stereocenters. The van der Waals surface area contributed by atoms with Gasteiger partial charge in [0.15, 0.2) is 0 Å². The molecule has 1 aromatic rings. The fourth-order valence-electron chi connectivity index (χ4n) is 2.21. The van der Waals surface area contributed by atoms with E-state index in [-0.39, 0.29) is 0 Å². The van der Waals surface area contributed by atoms with Gasteiger partial charge in [0.1, 0.15) is 0 Å². The van der Waals surface area contributed by atoms with Gasteiger partial charge >= 0.3 is 0 Å². The molecular weight excluding hydrogens is 192 g/mol. The Labute approximate surface area is 89.5 Å². The molecule has 78 valence electrons. The van der Waals surface area contributed by atoms with Gasteiger partial charge in [-0.25, -0.2) is 4.98 Å². The molecule has 1 heterocycles. The van der Waals surface area contributed by atoms with E-state index >= 15 is 0 Å². The minimum Gasteiger partial charge on any atom is -0.327 e. The van der Waals surface area contributed by atoms with Crippen LogP contribution < -0.4 is 5.73 Å². The van der Waals surface area contributed by atoms with E-state index < -0.39 is 0 Å². The van der Waals surface area contributed by atoms with Crippen LogP contribution in [0.15, 0.2) is 5.38 Å². The predicted molar refractivity (Wildman–Crippen MR) is 60.5 cm³/mol. The summed E-state index contributed by atoms with van der Waals surface area (Å²) in [6.45, 7) is 2.06. The van der Waals surface area contributed by atoms with Crippen molar-refractivity contribution in [3.8, 4) is 0 Å². The zero-order valence-corrected chi connectivity index (χ0v) is 9.52. The molecule has 1 aliphatic rings. The second-order valence-electron chi connectivity index (χ2n) is 4.30. The number of thiazole rings is 1. The fourth-order valence-corrected chi connectivity index (χ4v) is 3.08. The lowest BCUT2D eigenvalue weighted by Crippen LogP contribution is -2.34. The smallest absolute Gasteiger partial charge is 0.0931 e. The Bertz CT molecular complexity index is 295. The van der Waals surface area contributed by atoms with Gasteiger partial charge in [0.25, 0.3) is 0 Å². The molecule has 0 aliphatic heterocycles. The first-order valence-electron chi connectivity index (χ1n) is 5.42. The van der Waals surface area contributed by atoms with Crippen molar-refractivity contribution in [2.45, 2.75) is 45.1 Å². The molecule has 1 aliphatic carbocycles. The van der Waals surface area contributed by atoms with Crippen molar-refractivity contribution >= 4 is 11.3 Å². The van der Waals surface area contributed by atoms with Gasteiger partial charge in [-0.3, -0.25) is 0 Å². The van der Waals surface area contributed by atoms with E-state index in [1.807, 2.05) is 0 Å². The first-order valence-corrected chi connectivity index (χ1v) is 6.30. The molecule has 2 unspecified atom stereocenters. The van der Waals surface area contributed by atoms with E-state index in [1.54, 1.807) is 11.3 Å². The van der Waals surface area contributed by atoms with Crippen LogP contribution in [0.3, 0.4) is 0 Å². The number of rotatable bonds is 2. The third-order valence-corrected chi connectivity index (χ3v) is 4.06. The number of aromatic nitrogens is 1. The summed E-state index contributed by atoms with van der Waals surface area (Å²) in [5.41, 5.74) is 7.26. The van der Waals surface area contributed by atoms with Gasteiger partial charge in [-0.05, 0) is 25.7 Å². The standard InChI is InChI=1S/C11H18N2S/c1-8-7-14-11(13-8)6-9-4-2-3-5-10(9)12/h7,9-10H,2-6,12H2,1H3. The second kappa shape index (κ2) is 4.41. The molecule has 0 amide bonds. The van der Waals surface area contributed by atoms with Crippen molar-refractivity contribution in [1.82, 2.24) is 4.98 Å². The first kappa shape index (κ1) is 10.1. The minimum absolute atomic E-state index is 0.410. The first-order chi connectivity index (χ1) is 6.75. The highest BCUT2D eigenvalue weighted by Crippen LogP contribution is 2.27. The maximum Gasteiger partial charge on any atom is 0.0931 e. The normalized spacial score (nSPS) is 27.9. The molecule has 1 aromatic heterocycles. The van der Waals surface area contributed by atoms with Gasteiger partial charge in [-0.1, -0.05) is 12.8 Å². The third kappa shape index (κ3) is 2.34. The van der Waals surface area contributed by atoms with Crippen LogP contribution in [0.4, 0.5) is 0 Å². The molecule has 1 fully saturated rings. The van der Waals surface area contributed by atoms with Gasteiger partial charge in [0, 0.05) is 23.5 Å². The highest BCUT2D eigenvalue weighted by molar-refractivity contribution is 7.09. The van der Waals surface area contributed by atoms with Crippen LogP contribution in [0, 0.1) is 12.8 Å². The molecule has 0 bridgehead atoms. The molecule has 2 N–H and O–H groups in total. The lowest BCUT2D eigenvalue weighted by Gasteiger charge is -2.27. The predicted octanol–water partition coefficient (Wildman–Crippen LogP) is 2.51. The van der Waals surface area contributed by atoms with Gasteiger partial charge in [-0.15, -0.1) is 11.3 Å². The van der Waals surface area contributed by atoms with E-state index in [9.17, 15) is 0 Å². The fraction of sp³-hybridized carbons (Fsp3) is 0.727. The van der Waals surface area contributed by atoms with E-state index in [2.05, 4.69) is 17.3 Å². The van der Waals surface area contributed by atoms with Crippen LogP contribution >= 0.6 is 11.3 Å². The van der Waals surface area contributed by atoms with Crippen molar-refractivity contribution in [3.63, 3.8) is 0 Å². The zero-order chi connectivity index (χ0) is 9.97. The largest absolute Gasteiger partial charge is 0.327 e. The average molecular weight is 210 g/mol. The van der Waals surface area contributed by atoms with E-state index in [4.69, 9.17) is 5.73 Å². The Balaban J connectivity index is 1.95. The van der Waals surface area contributed by atoms with Crippen molar-refractivity contribution in [2.75, 3.05) is 0 Å². The number of nitrogens with zero attached hydrogens (tertiary/aromatic N) is 1. The van der Waals surface area contributed by atoms with Crippen molar-refractivity contribution in [1.29, 1.82) is 0 Å². The lowest BCUT2D eigenvalue weighted by atomic mass is 9.83. The highest BCUT2D eigenvalue weighted by Gasteiger charge is 2.22. The summed E-state index contributed by atoms with van der Waals surface area (Å²) in [5, 5.41) is 3.40. The van der Waals surface area contributed by atoms with Crippen LogP contribution in [-0.4, -0.2) is 11.0 Å². The number of aryl methyl sites for hydroxylation is 1. The van der Waals surface area contributed by atoms with Crippen LogP contribution in [0.2, 0.25) is 0 Å². The summed E-state index contributed by atoms with van der Waals surface area (Å²) >= 11 is 1.78. The topological polar surface area (TPSA) is 38.9 Å². The van der Waals surface area contributed by atoms with Crippen molar-refractivity contribution in [3.05, 3.63) is 16.1 Å². The van der Waals surface area contributed by atoms with Gasteiger partial charge in [0.05, 0.1) is 5.01 Å². The molecular formula is C11H18N2S. The van der Waals surface area contributed by atoms with Gasteiger partial charge < -0.3 is 5.73 Å². The summed E-state index contributed by atoms with van der Waals surface area (Å²) in [6.07, 6.45) is 6.26. The van der Waals surface area contributed by atoms with Crippen LogP contribution in [0.25, 0.3) is 0 Å². The summed E-state index contributed by atoms with van der Waals surface area (Å²) < 4.78 is 0. The second-order valence-corrected chi connectivity index (χ2v) is 5.24.